The van der Waals surface area contributed by atoms with Crippen LogP contribution in [-0.4, -0.2) is 55.3 Å². The van der Waals surface area contributed by atoms with E-state index in [4.69, 9.17) is 0 Å². The molecule has 3 rings (SSSR count). The molecule has 0 aromatic heterocycles. The van der Waals surface area contributed by atoms with Gasteiger partial charge in [-0.15, -0.1) is 11.8 Å². The van der Waals surface area contributed by atoms with E-state index in [1.165, 1.54) is 56.2 Å². The molecule has 1 saturated heterocycles. The lowest BCUT2D eigenvalue weighted by Crippen LogP contribution is -2.33. The third kappa shape index (κ3) is 3.33. The summed E-state index contributed by atoms with van der Waals surface area (Å²) in [6, 6.07) is 8.92. The molecule has 2 aliphatic rings. The maximum atomic E-state index is 2.61. The third-order valence-corrected chi connectivity index (χ3v) is 5.58. The van der Waals surface area contributed by atoms with E-state index in [1.54, 1.807) is 5.56 Å². The Kier molecular flexibility index (Phi) is 4.46. The monoisotopic (exact) mass is 276 g/mol. The third-order valence-electron chi connectivity index (χ3n) is 4.33. The number of hydrogen-bond acceptors (Lipinski definition) is 3. The number of rotatable bonds is 5. The van der Waals surface area contributed by atoms with Crippen LogP contribution < -0.4 is 0 Å². The Morgan fingerprint density at radius 3 is 2.89 bits per heavy atom. The quantitative estimate of drug-likeness (QED) is 0.816. The number of fused-ring (bicyclic) bond motifs is 1. The second-order valence-corrected chi connectivity index (χ2v) is 6.92. The average molecular weight is 276 g/mol. The van der Waals surface area contributed by atoms with Gasteiger partial charge in [0.05, 0.1) is 0 Å². The molecule has 1 fully saturated rings. The number of thioether (sulfide) groups is 1. The van der Waals surface area contributed by atoms with Gasteiger partial charge in [0.2, 0.25) is 0 Å². The normalized spacial score (nSPS) is 23.2. The molecule has 2 aliphatic heterocycles. The highest BCUT2D eigenvalue weighted by Crippen LogP contribution is 2.39. The lowest BCUT2D eigenvalue weighted by atomic mass is 10.0. The van der Waals surface area contributed by atoms with Gasteiger partial charge in [-0.3, -0.25) is 0 Å². The van der Waals surface area contributed by atoms with Crippen molar-refractivity contribution in [2.75, 3.05) is 45.5 Å². The van der Waals surface area contributed by atoms with Crippen LogP contribution in [0.25, 0.3) is 0 Å². The van der Waals surface area contributed by atoms with Crippen molar-refractivity contribution in [2.45, 2.75) is 23.7 Å². The second-order valence-electron chi connectivity index (χ2n) is 5.86. The predicted octanol–water partition coefficient (Wildman–Crippen LogP) is 2.90. The van der Waals surface area contributed by atoms with Crippen molar-refractivity contribution in [1.29, 1.82) is 0 Å². The van der Waals surface area contributed by atoms with Crippen molar-refractivity contribution in [3.05, 3.63) is 29.8 Å². The Hall–Kier alpha value is -0.510. The minimum atomic E-state index is 0.727. The average Bonchev–Trinajstić information content (AvgIpc) is 3.07. The summed E-state index contributed by atoms with van der Waals surface area (Å²) in [5, 5.41) is 0. The molecular formula is C16H24N2S. The molecule has 2 heterocycles. The largest absolute Gasteiger partial charge is 0.304 e. The van der Waals surface area contributed by atoms with Crippen molar-refractivity contribution < 1.29 is 0 Å². The molecule has 1 atom stereocenters. The fourth-order valence-electron chi connectivity index (χ4n) is 3.17. The van der Waals surface area contributed by atoms with Gasteiger partial charge in [0.1, 0.15) is 0 Å². The zero-order valence-corrected chi connectivity index (χ0v) is 12.7. The maximum Gasteiger partial charge on any atom is 0.0109 e. The Bertz CT molecular complexity index is 415. The standard InChI is InChI=1S/C16H24N2S/c1-17(10-11-18-8-4-5-9-18)12-14-13-19-16-7-3-2-6-15(14)16/h2-3,6-7,14H,4-5,8-13H2,1H3. The van der Waals surface area contributed by atoms with E-state index in [1.807, 2.05) is 11.8 Å². The first-order valence-electron chi connectivity index (χ1n) is 7.45. The van der Waals surface area contributed by atoms with Gasteiger partial charge in [-0.05, 0) is 44.6 Å². The van der Waals surface area contributed by atoms with E-state index in [9.17, 15) is 0 Å². The number of likely N-dealkylation sites (N-methyl/N-ethyl adjacent to an activating group) is 1. The van der Waals surface area contributed by atoms with E-state index in [-0.39, 0.29) is 0 Å². The fourth-order valence-corrected chi connectivity index (χ4v) is 4.41. The highest BCUT2D eigenvalue weighted by molar-refractivity contribution is 7.99. The first-order chi connectivity index (χ1) is 9.33. The van der Waals surface area contributed by atoms with E-state index >= 15 is 0 Å². The predicted molar refractivity (Wildman–Crippen MR) is 83.1 cm³/mol. The van der Waals surface area contributed by atoms with Crippen LogP contribution in [0.1, 0.15) is 24.3 Å². The van der Waals surface area contributed by atoms with Crippen LogP contribution in [0.3, 0.4) is 0 Å². The van der Waals surface area contributed by atoms with E-state index in [2.05, 4.69) is 41.1 Å². The molecular weight excluding hydrogens is 252 g/mol. The van der Waals surface area contributed by atoms with E-state index < -0.39 is 0 Å². The van der Waals surface area contributed by atoms with Gasteiger partial charge in [0.25, 0.3) is 0 Å². The Morgan fingerprint density at radius 1 is 1.26 bits per heavy atom. The van der Waals surface area contributed by atoms with Gasteiger partial charge >= 0.3 is 0 Å². The van der Waals surface area contributed by atoms with Gasteiger partial charge in [-0.25, -0.2) is 0 Å². The van der Waals surface area contributed by atoms with Crippen LogP contribution in [0.15, 0.2) is 29.2 Å². The summed E-state index contributed by atoms with van der Waals surface area (Å²) >= 11 is 2.02. The summed E-state index contributed by atoms with van der Waals surface area (Å²) < 4.78 is 0. The van der Waals surface area contributed by atoms with Gasteiger partial charge < -0.3 is 9.80 Å². The Labute approximate surface area is 121 Å². The number of benzene rings is 1. The zero-order chi connectivity index (χ0) is 13.1. The molecule has 19 heavy (non-hydrogen) atoms. The molecule has 0 bridgehead atoms. The minimum Gasteiger partial charge on any atom is -0.304 e. The number of nitrogens with zero attached hydrogens (tertiary/aromatic N) is 2. The number of hydrogen-bond donors (Lipinski definition) is 0. The first kappa shape index (κ1) is 13.5. The smallest absolute Gasteiger partial charge is 0.0109 e. The molecule has 0 aliphatic carbocycles. The van der Waals surface area contributed by atoms with Crippen molar-refractivity contribution in [3.63, 3.8) is 0 Å². The molecule has 0 amide bonds. The van der Waals surface area contributed by atoms with Crippen molar-refractivity contribution in [1.82, 2.24) is 9.80 Å². The maximum absolute atomic E-state index is 2.61. The van der Waals surface area contributed by atoms with Crippen molar-refractivity contribution in [3.8, 4) is 0 Å². The highest BCUT2D eigenvalue weighted by atomic mass is 32.2. The van der Waals surface area contributed by atoms with E-state index in [0.717, 1.165) is 5.92 Å². The summed E-state index contributed by atoms with van der Waals surface area (Å²) in [5.74, 6) is 1.98. The topological polar surface area (TPSA) is 6.48 Å². The molecule has 0 radical (unpaired) electrons. The summed E-state index contributed by atoms with van der Waals surface area (Å²) in [6.07, 6.45) is 2.80. The molecule has 104 valence electrons. The van der Waals surface area contributed by atoms with Crippen LogP contribution in [0.2, 0.25) is 0 Å². The van der Waals surface area contributed by atoms with Crippen molar-refractivity contribution in [2.24, 2.45) is 0 Å². The van der Waals surface area contributed by atoms with Crippen LogP contribution >= 0.6 is 11.8 Å². The van der Waals surface area contributed by atoms with Crippen LogP contribution in [0.4, 0.5) is 0 Å². The van der Waals surface area contributed by atoms with Crippen LogP contribution in [0.5, 0.6) is 0 Å². The summed E-state index contributed by atoms with van der Waals surface area (Å²) in [5.41, 5.74) is 1.57. The minimum absolute atomic E-state index is 0.727. The molecule has 3 heteroatoms. The van der Waals surface area contributed by atoms with Gasteiger partial charge in [-0.1, -0.05) is 18.2 Å². The SMILES string of the molecule is CN(CCN1CCCC1)CC1CSc2ccccc21. The zero-order valence-electron chi connectivity index (χ0n) is 11.8. The highest BCUT2D eigenvalue weighted by Gasteiger charge is 2.23. The summed E-state index contributed by atoms with van der Waals surface area (Å²) in [6.45, 7) is 6.30. The van der Waals surface area contributed by atoms with Gasteiger partial charge in [0.15, 0.2) is 0 Å². The molecule has 0 spiro atoms. The van der Waals surface area contributed by atoms with Gasteiger partial charge in [0, 0.05) is 36.2 Å². The molecule has 0 N–H and O–H groups in total. The second kappa shape index (κ2) is 6.29. The van der Waals surface area contributed by atoms with Crippen molar-refractivity contribution >= 4 is 11.8 Å². The van der Waals surface area contributed by atoms with Crippen LogP contribution in [0, 0.1) is 0 Å². The Morgan fingerprint density at radius 2 is 2.05 bits per heavy atom. The molecule has 0 saturated carbocycles. The van der Waals surface area contributed by atoms with Crippen LogP contribution in [-0.2, 0) is 0 Å². The molecule has 1 aromatic rings. The van der Waals surface area contributed by atoms with E-state index in [0.29, 0.717) is 0 Å². The fraction of sp³-hybridized carbons (Fsp3) is 0.625. The molecule has 1 aromatic carbocycles. The molecule has 2 nitrogen and oxygen atoms in total. The summed E-state index contributed by atoms with van der Waals surface area (Å²) in [4.78, 5) is 6.62. The lowest BCUT2D eigenvalue weighted by Gasteiger charge is -2.24. The Balaban J connectivity index is 1.48. The molecule has 1 unspecified atom stereocenters. The summed E-state index contributed by atoms with van der Waals surface area (Å²) in [7, 11) is 2.28. The first-order valence-corrected chi connectivity index (χ1v) is 8.44. The number of likely N-dealkylation sites (tertiary alicyclic amines) is 1. The van der Waals surface area contributed by atoms with Gasteiger partial charge in [-0.2, -0.15) is 0 Å². The lowest BCUT2D eigenvalue weighted by molar-refractivity contribution is 0.251.